The first-order valence-electron chi connectivity index (χ1n) is 6.87. The topological polar surface area (TPSA) is 99.2 Å². The van der Waals surface area contributed by atoms with Gasteiger partial charge in [-0.25, -0.2) is 9.64 Å². The number of carboxylic acids is 1. The van der Waals surface area contributed by atoms with Gasteiger partial charge in [0, 0.05) is 5.39 Å². The number of carboxylic acid groups (broad SMARTS) is 1. The van der Waals surface area contributed by atoms with Crippen LogP contribution < -0.4 is 5.43 Å². The van der Waals surface area contributed by atoms with Gasteiger partial charge < -0.3 is 10.1 Å². The van der Waals surface area contributed by atoms with Crippen LogP contribution in [0, 0.1) is 6.57 Å². The number of aromatic amines is 1. The summed E-state index contributed by atoms with van der Waals surface area (Å²) < 4.78 is 0. The van der Waals surface area contributed by atoms with Gasteiger partial charge in [-0.15, -0.1) is 5.11 Å². The Labute approximate surface area is 135 Å². The van der Waals surface area contributed by atoms with Gasteiger partial charge in [0.25, 0.3) is 0 Å². The molecule has 2 N–H and O–H groups in total. The van der Waals surface area contributed by atoms with E-state index in [1.807, 2.05) is 0 Å². The molecule has 116 valence electrons. The van der Waals surface area contributed by atoms with Crippen molar-refractivity contribution in [1.29, 1.82) is 0 Å². The predicted octanol–water partition coefficient (Wildman–Crippen LogP) is 4.19. The number of azo groups is 1. The molecule has 0 spiro atoms. The van der Waals surface area contributed by atoms with Crippen molar-refractivity contribution in [1.82, 2.24) is 4.98 Å². The molecule has 0 atom stereocenters. The van der Waals surface area contributed by atoms with Crippen molar-refractivity contribution < 1.29 is 9.90 Å². The molecule has 0 aliphatic carbocycles. The molecule has 0 fully saturated rings. The third-order valence-corrected chi connectivity index (χ3v) is 3.34. The van der Waals surface area contributed by atoms with Crippen LogP contribution in [0.5, 0.6) is 0 Å². The molecule has 0 bridgehead atoms. The lowest BCUT2D eigenvalue weighted by atomic mass is 10.1. The van der Waals surface area contributed by atoms with E-state index in [9.17, 15) is 14.7 Å². The first-order valence-corrected chi connectivity index (χ1v) is 6.87. The molecule has 7 nitrogen and oxygen atoms in total. The molecule has 1 heterocycles. The largest absolute Gasteiger partial charge is 0.477 e. The van der Waals surface area contributed by atoms with Crippen LogP contribution in [0.15, 0.2) is 63.6 Å². The van der Waals surface area contributed by atoms with Gasteiger partial charge in [0.15, 0.2) is 17.1 Å². The summed E-state index contributed by atoms with van der Waals surface area (Å²) in [6, 6.07) is 12.8. The molecule has 0 amide bonds. The molecule has 0 aliphatic rings. The average Bonchev–Trinajstić information content (AvgIpc) is 2.61. The van der Waals surface area contributed by atoms with Crippen LogP contribution in [0.1, 0.15) is 10.5 Å². The van der Waals surface area contributed by atoms with Crippen LogP contribution in [-0.2, 0) is 0 Å². The lowest BCUT2D eigenvalue weighted by Gasteiger charge is -2.03. The average molecular weight is 318 g/mol. The summed E-state index contributed by atoms with van der Waals surface area (Å²) in [4.78, 5) is 29.9. The summed E-state index contributed by atoms with van der Waals surface area (Å²) in [6.07, 6.45) is 0. The Morgan fingerprint density at radius 2 is 1.79 bits per heavy atom. The highest BCUT2D eigenvalue weighted by Gasteiger charge is 2.17. The van der Waals surface area contributed by atoms with Crippen molar-refractivity contribution in [3.8, 4) is 0 Å². The van der Waals surface area contributed by atoms with E-state index in [0.717, 1.165) is 0 Å². The Balaban J connectivity index is 2.13. The van der Waals surface area contributed by atoms with Crippen LogP contribution in [0.2, 0.25) is 0 Å². The number of aromatic nitrogens is 1. The highest BCUT2D eigenvalue weighted by molar-refractivity contribution is 5.95. The van der Waals surface area contributed by atoms with Crippen LogP contribution >= 0.6 is 0 Å². The molecule has 7 heteroatoms. The summed E-state index contributed by atoms with van der Waals surface area (Å²) >= 11 is 0. The van der Waals surface area contributed by atoms with Crippen LogP contribution in [0.4, 0.5) is 17.1 Å². The summed E-state index contributed by atoms with van der Waals surface area (Å²) in [7, 11) is 0. The molecule has 2 aromatic carbocycles. The Hall–Kier alpha value is -3.79. The molecule has 3 rings (SSSR count). The molecule has 3 aromatic rings. The molecule has 1 aromatic heterocycles. The summed E-state index contributed by atoms with van der Waals surface area (Å²) in [5.74, 6) is -1.30. The van der Waals surface area contributed by atoms with Crippen molar-refractivity contribution in [2.45, 2.75) is 0 Å². The monoisotopic (exact) mass is 318 g/mol. The van der Waals surface area contributed by atoms with E-state index in [2.05, 4.69) is 20.1 Å². The minimum atomic E-state index is -1.30. The molecule has 0 radical (unpaired) electrons. The second kappa shape index (κ2) is 6.14. The first-order chi connectivity index (χ1) is 11.6. The van der Waals surface area contributed by atoms with Gasteiger partial charge >= 0.3 is 5.97 Å². The lowest BCUT2D eigenvalue weighted by Crippen LogP contribution is -2.11. The van der Waals surface area contributed by atoms with Crippen LogP contribution in [0.25, 0.3) is 15.7 Å². The number of para-hydroxylation sites is 1. The Bertz CT molecular complexity index is 1060. The summed E-state index contributed by atoms with van der Waals surface area (Å²) in [5.41, 5.74) is 0.175. The SMILES string of the molecule is [C-]#[N+]c1ccc(N=Nc2c(C(=O)O)[nH]c3ccccc3c2=O)cc1. The summed E-state index contributed by atoms with van der Waals surface area (Å²) in [6.45, 7) is 6.89. The Morgan fingerprint density at radius 3 is 2.46 bits per heavy atom. The molecule has 0 saturated carbocycles. The Morgan fingerprint density at radius 1 is 1.08 bits per heavy atom. The maximum absolute atomic E-state index is 12.5. The number of nitrogens with one attached hydrogen (secondary N) is 1. The zero-order valence-corrected chi connectivity index (χ0v) is 12.2. The smallest absolute Gasteiger partial charge is 0.354 e. The maximum Gasteiger partial charge on any atom is 0.354 e. The Kier molecular flexibility index (Phi) is 3.87. The van der Waals surface area contributed by atoms with Crippen LogP contribution in [-0.4, -0.2) is 16.1 Å². The summed E-state index contributed by atoms with van der Waals surface area (Å²) in [5, 5.41) is 17.4. The molecule has 0 aliphatic heterocycles. The zero-order chi connectivity index (χ0) is 17.1. The molecule has 0 unspecified atom stereocenters. The molecular formula is C17H10N4O3. The van der Waals surface area contributed by atoms with Crippen molar-refractivity contribution in [3.05, 3.63) is 75.9 Å². The number of H-pyrrole nitrogens is 1. The van der Waals surface area contributed by atoms with Gasteiger partial charge in [-0.2, -0.15) is 5.11 Å². The highest BCUT2D eigenvalue weighted by atomic mass is 16.4. The number of rotatable bonds is 3. The fourth-order valence-electron chi connectivity index (χ4n) is 2.18. The third kappa shape index (κ3) is 2.76. The van der Waals surface area contributed by atoms with E-state index in [1.165, 1.54) is 0 Å². The fraction of sp³-hybridized carbons (Fsp3) is 0. The van der Waals surface area contributed by atoms with Crippen molar-refractivity contribution in [2.24, 2.45) is 10.2 Å². The zero-order valence-electron chi connectivity index (χ0n) is 12.2. The highest BCUT2D eigenvalue weighted by Crippen LogP contribution is 2.23. The number of pyridine rings is 1. The number of carbonyl (C=O) groups is 1. The first kappa shape index (κ1) is 15.1. The van der Waals surface area contributed by atoms with Crippen LogP contribution in [0.3, 0.4) is 0 Å². The van der Waals surface area contributed by atoms with E-state index in [0.29, 0.717) is 22.3 Å². The quantitative estimate of drug-likeness (QED) is 0.559. The number of benzene rings is 2. The van der Waals surface area contributed by atoms with E-state index < -0.39 is 11.4 Å². The number of nitrogens with zero attached hydrogens (tertiary/aromatic N) is 3. The minimum absolute atomic E-state index is 0.268. The van der Waals surface area contributed by atoms with Crippen molar-refractivity contribution in [3.63, 3.8) is 0 Å². The fourth-order valence-corrected chi connectivity index (χ4v) is 2.18. The number of hydrogen-bond acceptors (Lipinski definition) is 4. The van der Waals surface area contributed by atoms with E-state index in [-0.39, 0.29) is 11.4 Å². The maximum atomic E-state index is 12.5. The second-order valence-electron chi connectivity index (χ2n) is 4.86. The van der Waals surface area contributed by atoms with Gasteiger partial charge in [0.2, 0.25) is 5.43 Å². The number of aromatic carboxylic acids is 1. The molecule has 0 saturated heterocycles. The van der Waals surface area contributed by atoms with Gasteiger partial charge in [0.05, 0.1) is 17.8 Å². The van der Waals surface area contributed by atoms with E-state index in [4.69, 9.17) is 6.57 Å². The van der Waals surface area contributed by atoms with Gasteiger partial charge in [0.1, 0.15) is 0 Å². The molecular weight excluding hydrogens is 308 g/mol. The normalized spacial score (nSPS) is 10.8. The van der Waals surface area contributed by atoms with Gasteiger partial charge in [-0.05, 0) is 24.3 Å². The number of fused-ring (bicyclic) bond motifs is 1. The second-order valence-corrected chi connectivity index (χ2v) is 4.86. The lowest BCUT2D eigenvalue weighted by molar-refractivity contribution is 0.0692. The predicted molar refractivity (Wildman–Crippen MR) is 88.4 cm³/mol. The van der Waals surface area contributed by atoms with E-state index in [1.54, 1.807) is 48.5 Å². The van der Waals surface area contributed by atoms with Gasteiger partial charge in [-0.1, -0.05) is 24.3 Å². The van der Waals surface area contributed by atoms with Crippen molar-refractivity contribution in [2.75, 3.05) is 0 Å². The minimum Gasteiger partial charge on any atom is -0.477 e. The standard InChI is InChI=1S/C17H10N4O3/c1-18-10-6-8-11(9-7-10)20-21-14-15(17(23)24)19-13-5-3-2-4-12(13)16(14)22/h2-9H,(H,19,22)(H,23,24). The number of hydrogen-bond donors (Lipinski definition) is 2. The van der Waals surface area contributed by atoms with E-state index >= 15 is 0 Å². The van der Waals surface area contributed by atoms with Crippen molar-refractivity contribution >= 4 is 33.9 Å². The molecule has 24 heavy (non-hydrogen) atoms. The van der Waals surface area contributed by atoms with Gasteiger partial charge in [-0.3, -0.25) is 4.79 Å². The third-order valence-electron chi connectivity index (χ3n) is 3.34.